The number of halogens is 1. The molecule has 0 aliphatic carbocycles. The van der Waals surface area contributed by atoms with Crippen LogP contribution < -0.4 is 10.6 Å². The fourth-order valence-electron chi connectivity index (χ4n) is 2.84. The number of hydrogen-bond donors (Lipinski definition) is 1. The molecule has 3 rings (SSSR count). The topological polar surface area (TPSA) is 55.0 Å². The summed E-state index contributed by atoms with van der Waals surface area (Å²) in [6.07, 6.45) is 2.21. The lowest BCUT2D eigenvalue weighted by atomic mass is 9.97. The molecule has 2 aromatic rings. The van der Waals surface area contributed by atoms with Crippen molar-refractivity contribution in [3.8, 4) is 11.4 Å². The van der Waals surface area contributed by atoms with Gasteiger partial charge >= 0.3 is 0 Å². The quantitative estimate of drug-likeness (QED) is 0.947. The van der Waals surface area contributed by atoms with Crippen LogP contribution in [0.3, 0.4) is 0 Å². The predicted molar refractivity (Wildman–Crippen MR) is 86.2 cm³/mol. The summed E-state index contributed by atoms with van der Waals surface area (Å²) in [5.41, 5.74) is 7.51. The Kier molecular flexibility index (Phi) is 4.34. The summed E-state index contributed by atoms with van der Waals surface area (Å²) >= 11 is 0. The van der Waals surface area contributed by atoms with Crippen LogP contribution in [0, 0.1) is 18.7 Å². The van der Waals surface area contributed by atoms with E-state index in [1.54, 1.807) is 12.1 Å². The Bertz CT molecular complexity index is 634. The number of nitrogens with two attached hydrogens (primary N) is 1. The van der Waals surface area contributed by atoms with E-state index in [1.165, 1.54) is 12.1 Å². The number of benzene rings is 1. The average Bonchev–Trinajstić information content (AvgIpc) is 2.55. The van der Waals surface area contributed by atoms with Gasteiger partial charge in [-0.05, 0) is 56.5 Å². The van der Waals surface area contributed by atoms with Crippen molar-refractivity contribution in [1.82, 2.24) is 9.97 Å². The molecule has 5 heteroatoms. The van der Waals surface area contributed by atoms with Gasteiger partial charge in [-0.15, -0.1) is 0 Å². The second kappa shape index (κ2) is 6.40. The van der Waals surface area contributed by atoms with Crippen LogP contribution in [0.5, 0.6) is 0 Å². The SMILES string of the molecule is Cc1cc(N2CCC(CN)CC2)nc(-c2ccc(F)cc2)n1. The zero-order chi connectivity index (χ0) is 15.5. The van der Waals surface area contributed by atoms with E-state index in [9.17, 15) is 4.39 Å². The average molecular weight is 300 g/mol. The maximum atomic E-state index is 13.1. The molecule has 0 spiro atoms. The monoisotopic (exact) mass is 300 g/mol. The Morgan fingerprint density at radius 3 is 2.50 bits per heavy atom. The lowest BCUT2D eigenvalue weighted by molar-refractivity contribution is 0.413. The summed E-state index contributed by atoms with van der Waals surface area (Å²) in [5.74, 6) is 1.97. The normalized spacial score (nSPS) is 16.0. The van der Waals surface area contributed by atoms with E-state index in [4.69, 9.17) is 5.73 Å². The molecule has 2 N–H and O–H groups in total. The molecular formula is C17H21FN4. The van der Waals surface area contributed by atoms with Crippen molar-refractivity contribution in [2.75, 3.05) is 24.5 Å². The van der Waals surface area contributed by atoms with E-state index in [0.29, 0.717) is 11.7 Å². The summed E-state index contributed by atoms with van der Waals surface area (Å²) in [5, 5.41) is 0. The molecule has 0 unspecified atom stereocenters. The molecule has 0 bridgehead atoms. The summed E-state index contributed by atoms with van der Waals surface area (Å²) in [7, 11) is 0. The van der Waals surface area contributed by atoms with Gasteiger partial charge in [0.25, 0.3) is 0 Å². The number of hydrogen-bond acceptors (Lipinski definition) is 4. The van der Waals surface area contributed by atoms with Crippen molar-refractivity contribution >= 4 is 5.82 Å². The van der Waals surface area contributed by atoms with Crippen molar-refractivity contribution < 1.29 is 4.39 Å². The predicted octanol–water partition coefficient (Wildman–Crippen LogP) is 2.77. The van der Waals surface area contributed by atoms with Gasteiger partial charge in [0.05, 0.1) is 0 Å². The van der Waals surface area contributed by atoms with Crippen LogP contribution in [0.2, 0.25) is 0 Å². The highest BCUT2D eigenvalue weighted by Crippen LogP contribution is 2.24. The summed E-state index contributed by atoms with van der Waals surface area (Å²) in [6, 6.07) is 8.32. The molecule has 2 heterocycles. The molecule has 1 aliphatic rings. The molecule has 0 saturated carbocycles. The molecule has 1 aliphatic heterocycles. The Morgan fingerprint density at radius 1 is 1.18 bits per heavy atom. The van der Waals surface area contributed by atoms with Crippen LogP contribution in [0.25, 0.3) is 11.4 Å². The van der Waals surface area contributed by atoms with Gasteiger partial charge in [0.2, 0.25) is 0 Å². The van der Waals surface area contributed by atoms with E-state index in [0.717, 1.165) is 49.6 Å². The minimum atomic E-state index is -0.250. The third-order valence-corrected chi connectivity index (χ3v) is 4.21. The fourth-order valence-corrected chi connectivity index (χ4v) is 2.84. The maximum absolute atomic E-state index is 13.1. The zero-order valence-electron chi connectivity index (χ0n) is 12.8. The standard InChI is InChI=1S/C17H21FN4/c1-12-10-16(22-8-6-13(11-19)7-9-22)21-17(20-12)14-2-4-15(18)5-3-14/h2-5,10,13H,6-9,11,19H2,1H3. The van der Waals surface area contributed by atoms with E-state index in [1.807, 2.05) is 13.0 Å². The lowest BCUT2D eigenvalue weighted by Crippen LogP contribution is -2.36. The zero-order valence-corrected chi connectivity index (χ0v) is 12.8. The van der Waals surface area contributed by atoms with Crippen LogP contribution in [0.1, 0.15) is 18.5 Å². The largest absolute Gasteiger partial charge is 0.356 e. The van der Waals surface area contributed by atoms with Gasteiger partial charge in [-0.2, -0.15) is 0 Å². The number of aryl methyl sites for hydroxylation is 1. The van der Waals surface area contributed by atoms with Gasteiger partial charge in [-0.3, -0.25) is 0 Å². The van der Waals surface area contributed by atoms with E-state index in [2.05, 4.69) is 14.9 Å². The number of nitrogens with zero attached hydrogens (tertiary/aromatic N) is 3. The third-order valence-electron chi connectivity index (χ3n) is 4.21. The number of anilines is 1. The molecule has 0 atom stereocenters. The van der Waals surface area contributed by atoms with E-state index < -0.39 is 0 Å². The minimum Gasteiger partial charge on any atom is -0.356 e. The molecule has 1 saturated heterocycles. The van der Waals surface area contributed by atoms with E-state index in [-0.39, 0.29) is 5.82 Å². The molecule has 1 fully saturated rings. The first kappa shape index (κ1) is 14.9. The molecular weight excluding hydrogens is 279 g/mol. The molecule has 4 nitrogen and oxygen atoms in total. The lowest BCUT2D eigenvalue weighted by Gasteiger charge is -2.32. The Hall–Kier alpha value is -2.01. The summed E-state index contributed by atoms with van der Waals surface area (Å²) in [6.45, 7) is 4.67. The summed E-state index contributed by atoms with van der Waals surface area (Å²) < 4.78 is 13.1. The van der Waals surface area contributed by atoms with Gasteiger partial charge in [0.15, 0.2) is 5.82 Å². The van der Waals surface area contributed by atoms with Gasteiger partial charge in [0, 0.05) is 30.4 Å². The Balaban J connectivity index is 1.85. The van der Waals surface area contributed by atoms with Gasteiger partial charge < -0.3 is 10.6 Å². The smallest absolute Gasteiger partial charge is 0.161 e. The second-order valence-electron chi connectivity index (χ2n) is 5.86. The van der Waals surface area contributed by atoms with Crippen LogP contribution in [0.15, 0.2) is 30.3 Å². The van der Waals surface area contributed by atoms with Crippen molar-refractivity contribution in [3.63, 3.8) is 0 Å². The van der Waals surface area contributed by atoms with Crippen molar-refractivity contribution in [1.29, 1.82) is 0 Å². The Morgan fingerprint density at radius 2 is 1.86 bits per heavy atom. The maximum Gasteiger partial charge on any atom is 0.161 e. The van der Waals surface area contributed by atoms with Crippen molar-refractivity contribution in [2.24, 2.45) is 11.7 Å². The van der Waals surface area contributed by atoms with Crippen LogP contribution in [-0.2, 0) is 0 Å². The first-order valence-corrected chi connectivity index (χ1v) is 7.72. The second-order valence-corrected chi connectivity index (χ2v) is 5.86. The van der Waals surface area contributed by atoms with Gasteiger partial charge in [0.1, 0.15) is 11.6 Å². The first-order chi connectivity index (χ1) is 10.7. The van der Waals surface area contributed by atoms with Crippen LogP contribution in [0.4, 0.5) is 10.2 Å². The molecule has 1 aromatic carbocycles. The molecule has 1 aromatic heterocycles. The van der Waals surface area contributed by atoms with Crippen molar-refractivity contribution in [2.45, 2.75) is 19.8 Å². The fraction of sp³-hybridized carbons (Fsp3) is 0.412. The van der Waals surface area contributed by atoms with E-state index >= 15 is 0 Å². The third kappa shape index (κ3) is 3.25. The molecule has 22 heavy (non-hydrogen) atoms. The summed E-state index contributed by atoms with van der Waals surface area (Å²) in [4.78, 5) is 11.4. The number of piperidine rings is 1. The highest BCUT2D eigenvalue weighted by Gasteiger charge is 2.20. The first-order valence-electron chi connectivity index (χ1n) is 7.72. The highest BCUT2D eigenvalue weighted by molar-refractivity contribution is 5.58. The van der Waals surface area contributed by atoms with Gasteiger partial charge in [-0.1, -0.05) is 0 Å². The highest BCUT2D eigenvalue weighted by atomic mass is 19.1. The molecule has 0 radical (unpaired) electrons. The van der Waals surface area contributed by atoms with Crippen LogP contribution >= 0.6 is 0 Å². The number of aromatic nitrogens is 2. The van der Waals surface area contributed by atoms with Crippen molar-refractivity contribution in [3.05, 3.63) is 41.8 Å². The molecule has 116 valence electrons. The Labute approximate surface area is 130 Å². The number of rotatable bonds is 3. The van der Waals surface area contributed by atoms with Gasteiger partial charge in [-0.25, -0.2) is 14.4 Å². The molecule has 0 amide bonds. The minimum absolute atomic E-state index is 0.250. The van der Waals surface area contributed by atoms with Crippen LogP contribution in [-0.4, -0.2) is 29.6 Å².